The number of para-hydroxylation sites is 1. The molecule has 0 saturated carbocycles. The number of benzene rings is 2. The number of rotatable bonds is 5. The van der Waals surface area contributed by atoms with Crippen LogP contribution in [0.15, 0.2) is 60.8 Å². The Morgan fingerprint density at radius 2 is 1.92 bits per heavy atom. The van der Waals surface area contributed by atoms with Crippen LogP contribution in [-0.2, 0) is 11.3 Å². The van der Waals surface area contributed by atoms with Gasteiger partial charge in [0.15, 0.2) is 0 Å². The first-order valence-corrected chi connectivity index (χ1v) is 9.15. The molecule has 0 spiro atoms. The SMILES string of the molecule is O=C(Cn1ncc2ccccc21)N1CCC[C@H]1C[C@@H](O)c1ccccc1. The van der Waals surface area contributed by atoms with E-state index in [1.165, 1.54) is 0 Å². The zero-order chi connectivity index (χ0) is 17.9. The molecule has 5 heteroatoms. The molecule has 26 heavy (non-hydrogen) atoms. The number of likely N-dealkylation sites (tertiary alicyclic amines) is 1. The minimum absolute atomic E-state index is 0.0709. The summed E-state index contributed by atoms with van der Waals surface area (Å²) in [5.74, 6) is 0.0709. The maximum Gasteiger partial charge on any atom is 0.244 e. The van der Waals surface area contributed by atoms with Gasteiger partial charge in [0.1, 0.15) is 6.54 Å². The minimum atomic E-state index is -0.542. The lowest BCUT2D eigenvalue weighted by atomic mass is 10.0. The number of amides is 1. The number of carbonyl (C=O) groups excluding carboxylic acids is 1. The molecule has 0 aliphatic carbocycles. The van der Waals surface area contributed by atoms with Crippen molar-refractivity contribution in [3.05, 3.63) is 66.4 Å². The lowest BCUT2D eigenvalue weighted by Gasteiger charge is -2.27. The third-order valence-corrected chi connectivity index (χ3v) is 5.21. The van der Waals surface area contributed by atoms with E-state index in [1.54, 1.807) is 10.9 Å². The van der Waals surface area contributed by atoms with Gasteiger partial charge >= 0.3 is 0 Å². The molecule has 1 amide bonds. The molecule has 1 N–H and O–H groups in total. The number of hydrogen-bond donors (Lipinski definition) is 1. The van der Waals surface area contributed by atoms with Crippen molar-refractivity contribution < 1.29 is 9.90 Å². The molecule has 0 bridgehead atoms. The maximum absolute atomic E-state index is 12.9. The summed E-state index contributed by atoms with van der Waals surface area (Å²) in [4.78, 5) is 14.8. The van der Waals surface area contributed by atoms with Crippen molar-refractivity contribution in [1.29, 1.82) is 0 Å². The summed E-state index contributed by atoms with van der Waals surface area (Å²) >= 11 is 0. The van der Waals surface area contributed by atoms with Crippen LogP contribution in [0.4, 0.5) is 0 Å². The Morgan fingerprint density at radius 1 is 1.15 bits per heavy atom. The summed E-state index contributed by atoms with van der Waals surface area (Å²) in [5.41, 5.74) is 1.88. The summed E-state index contributed by atoms with van der Waals surface area (Å²) in [6.45, 7) is 0.996. The first kappa shape index (κ1) is 16.8. The van der Waals surface area contributed by atoms with Crippen molar-refractivity contribution in [2.45, 2.75) is 38.0 Å². The minimum Gasteiger partial charge on any atom is -0.388 e. The Labute approximate surface area is 152 Å². The highest BCUT2D eigenvalue weighted by Gasteiger charge is 2.30. The van der Waals surface area contributed by atoms with Crippen LogP contribution in [0.2, 0.25) is 0 Å². The molecule has 4 rings (SSSR count). The van der Waals surface area contributed by atoms with Crippen molar-refractivity contribution in [2.75, 3.05) is 6.54 Å². The predicted octanol–water partition coefficient (Wildman–Crippen LogP) is 3.15. The number of nitrogens with zero attached hydrogens (tertiary/aromatic N) is 3. The average Bonchev–Trinajstić information content (AvgIpc) is 3.30. The molecule has 1 aliphatic heterocycles. The van der Waals surface area contributed by atoms with Crippen LogP contribution >= 0.6 is 0 Å². The van der Waals surface area contributed by atoms with Crippen LogP contribution in [0.5, 0.6) is 0 Å². The molecule has 2 heterocycles. The zero-order valence-corrected chi connectivity index (χ0v) is 14.7. The highest BCUT2D eigenvalue weighted by Crippen LogP contribution is 2.27. The molecule has 1 fully saturated rings. The fourth-order valence-electron chi connectivity index (χ4n) is 3.85. The molecule has 1 aliphatic rings. The molecule has 5 nitrogen and oxygen atoms in total. The summed E-state index contributed by atoms with van der Waals surface area (Å²) in [6.07, 6.45) is 3.76. The predicted molar refractivity (Wildman–Crippen MR) is 100 cm³/mol. The second-order valence-corrected chi connectivity index (χ2v) is 6.91. The Bertz CT molecular complexity index is 890. The van der Waals surface area contributed by atoms with Gasteiger partial charge in [-0.25, -0.2) is 0 Å². The van der Waals surface area contributed by atoms with Crippen LogP contribution in [0.3, 0.4) is 0 Å². The fourth-order valence-corrected chi connectivity index (χ4v) is 3.85. The van der Waals surface area contributed by atoms with Gasteiger partial charge in [-0.3, -0.25) is 9.48 Å². The van der Waals surface area contributed by atoms with Crippen molar-refractivity contribution in [1.82, 2.24) is 14.7 Å². The molecule has 2 aromatic carbocycles. The second-order valence-electron chi connectivity index (χ2n) is 6.91. The third-order valence-electron chi connectivity index (χ3n) is 5.21. The van der Waals surface area contributed by atoms with Gasteiger partial charge in [0, 0.05) is 18.0 Å². The number of carbonyl (C=O) groups is 1. The monoisotopic (exact) mass is 349 g/mol. The van der Waals surface area contributed by atoms with Gasteiger partial charge in [-0.05, 0) is 30.9 Å². The van der Waals surface area contributed by atoms with Crippen LogP contribution in [0.1, 0.15) is 30.9 Å². The van der Waals surface area contributed by atoms with Gasteiger partial charge < -0.3 is 10.0 Å². The van der Waals surface area contributed by atoms with Gasteiger partial charge in [0.2, 0.25) is 5.91 Å². The van der Waals surface area contributed by atoms with Crippen molar-refractivity contribution in [2.24, 2.45) is 0 Å². The Balaban J connectivity index is 1.45. The number of aromatic nitrogens is 2. The van der Waals surface area contributed by atoms with E-state index in [0.717, 1.165) is 35.9 Å². The van der Waals surface area contributed by atoms with E-state index in [9.17, 15) is 9.90 Å². The summed E-state index contributed by atoms with van der Waals surface area (Å²) in [6, 6.07) is 17.7. The van der Waals surface area contributed by atoms with Gasteiger partial charge in [-0.2, -0.15) is 5.10 Å². The molecule has 1 aromatic heterocycles. The molecule has 0 unspecified atom stereocenters. The van der Waals surface area contributed by atoms with Crippen molar-refractivity contribution in [3.8, 4) is 0 Å². The highest BCUT2D eigenvalue weighted by molar-refractivity contribution is 5.82. The smallest absolute Gasteiger partial charge is 0.244 e. The first-order chi connectivity index (χ1) is 12.7. The van der Waals surface area contributed by atoms with Crippen LogP contribution in [0.25, 0.3) is 10.9 Å². The molecular formula is C21H23N3O2. The van der Waals surface area contributed by atoms with E-state index in [1.807, 2.05) is 59.5 Å². The van der Waals surface area contributed by atoms with Gasteiger partial charge in [-0.15, -0.1) is 0 Å². The number of aliphatic hydroxyl groups excluding tert-OH is 1. The maximum atomic E-state index is 12.9. The Hall–Kier alpha value is -2.66. The summed E-state index contributed by atoms with van der Waals surface area (Å²) < 4.78 is 1.76. The number of fused-ring (bicyclic) bond motifs is 1. The van der Waals surface area contributed by atoms with E-state index in [0.29, 0.717) is 6.42 Å². The van der Waals surface area contributed by atoms with Crippen LogP contribution in [-0.4, -0.2) is 38.3 Å². The molecule has 3 aromatic rings. The van der Waals surface area contributed by atoms with E-state index in [2.05, 4.69) is 5.10 Å². The third kappa shape index (κ3) is 3.35. The molecular weight excluding hydrogens is 326 g/mol. The summed E-state index contributed by atoms with van der Waals surface area (Å²) in [7, 11) is 0. The molecule has 1 saturated heterocycles. The molecule has 134 valence electrons. The Morgan fingerprint density at radius 3 is 2.77 bits per heavy atom. The zero-order valence-electron chi connectivity index (χ0n) is 14.7. The molecule has 2 atom stereocenters. The normalized spacial score (nSPS) is 18.3. The van der Waals surface area contributed by atoms with Crippen LogP contribution in [0, 0.1) is 0 Å². The van der Waals surface area contributed by atoms with E-state index >= 15 is 0 Å². The van der Waals surface area contributed by atoms with E-state index < -0.39 is 6.10 Å². The summed E-state index contributed by atoms with van der Waals surface area (Å²) in [5, 5.41) is 15.9. The quantitative estimate of drug-likeness (QED) is 0.770. The van der Waals surface area contributed by atoms with Crippen LogP contribution < -0.4 is 0 Å². The van der Waals surface area contributed by atoms with E-state index in [-0.39, 0.29) is 18.5 Å². The van der Waals surface area contributed by atoms with Gasteiger partial charge in [-0.1, -0.05) is 48.5 Å². The topological polar surface area (TPSA) is 58.4 Å². The Kier molecular flexibility index (Phi) is 4.71. The molecule has 0 radical (unpaired) electrons. The number of hydrogen-bond acceptors (Lipinski definition) is 3. The largest absolute Gasteiger partial charge is 0.388 e. The van der Waals surface area contributed by atoms with Gasteiger partial charge in [0.05, 0.1) is 17.8 Å². The lowest BCUT2D eigenvalue weighted by molar-refractivity contribution is -0.133. The van der Waals surface area contributed by atoms with Gasteiger partial charge in [0.25, 0.3) is 0 Å². The highest BCUT2D eigenvalue weighted by atomic mass is 16.3. The first-order valence-electron chi connectivity index (χ1n) is 9.15. The standard InChI is InChI=1S/C21H23N3O2/c25-20(16-7-2-1-3-8-16)13-18-10-6-12-23(18)21(26)15-24-19-11-5-4-9-17(19)14-22-24/h1-5,7-9,11,14,18,20,25H,6,10,12-13,15H2/t18-,20+/m0/s1. The second kappa shape index (κ2) is 7.30. The average molecular weight is 349 g/mol. The fraction of sp³-hybridized carbons (Fsp3) is 0.333. The lowest BCUT2D eigenvalue weighted by Crippen LogP contribution is -2.38. The van der Waals surface area contributed by atoms with Crippen molar-refractivity contribution in [3.63, 3.8) is 0 Å². The van der Waals surface area contributed by atoms with E-state index in [4.69, 9.17) is 0 Å². The van der Waals surface area contributed by atoms with Crippen molar-refractivity contribution >= 4 is 16.8 Å². The number of aliphatic hydroxyl groups is 1.